The number of hydrogen-bond acceptors (Lipinski definition) is 2. The van der Waals surface area contributed by atoms with Crippen LogP contribution in [0.15, 0.2) is 30.3 Å². The third-order valence-corrected chi connectivity index (χ3v) is 4.66. The molecule has 0 aliphatic rings. The molecule has 0 aliphatic heterocycles. The molecule has 0 aromatic heterocycles. The van der Waals surface area contributed by atoms with Gasteiger partial charge in [-0.15, -0.1) is 0 Å². The highest BCUT2D eigenvalue weighted by Gasteiger charge is 2.44. The zero-order chi connectivity index (χ0) is 26.2. The summed E-state index contributed by atoms with van der Waals surface area (Å²) in [6.07, 6.45) is -4.99. The first-order valence-corrected chi connectivity index (χ1v) is 9.45. The number of hydrogen-bond donors (Lipinski definition) is 0. The highest BCUT2D eigenvalue weighted by molar-refractivity contribution is 5.73. The van der Waals surface area contributed by atoms with E-state index in [0.717, 1.165) is 0 Å². The van der Waals surface area contributed by atoms with E-state index in [2.05, 4.69) is 9.47 Å². The number of benzene rings is 3. The van der Waals surface area contributed by atoms with E-state index in [4.69, 9.17) is 0 Å². The topological polar surface area (TPSA) is 38.4 Å². The molecule has 13 heteroatoms. The fourth-order valence-corrected chi connectivity index (χ4v) is 3.16. The molecule has 0 aliphatic carbocycles. The first-order chi connectivity index (χ1) is 16.3. The van der Waals surface area contributed by atoms with Crippen molar-refractivity contribution in [2.45, 2.75) is 26.1 Å². The van der Waals surface area contributed by atoms with Crippen LogP contribution < -0.4 is 9.47 Å². The molecule has 1 radical (unpaired) electrons. The molecule has 0 saturated heterocycles. The van der Waals surface area contributed by atoms with Crippen LogP contribution in [0.4, 0.5) is 43.9 Å². The van der Waals surface area contributed by atoms with Gasteiger partial charge in [-0.25, -0.2) is 26.3 Å². The molecule has 0 heterocycles. The van der Waals surface area contributed by atoms with Gasteiger partial charge < -0.3 is 9.47 Å². The Labute approximate surface area is 190 Å². The molecule has 0 spiro atoms. The third kappa shape index (κ3) is 5.08. The summed E-state index contributed by atoms with van der Waals surface area (Å²) >= 11 is 0. The molecule has 3 rings (SSSR count). The quantitative estimate of drug-likeness (QED) is 0.305. The maximum atomic E-state index is 15.0. The van der Waals surface area contributed by atoms with Crippen LogP contribution >= 0.6 is 0 Å². The first-order valence-electron chi connectivity index (χ1n) is 9.45. The van der Waals surface area contributed by atoms with Gasteiger partial charge in [0.15, 0.2) is 29.0 Å². The lowest BCUT2D eigenvalue weighted by atomic mass is 9.97. The number of aryl methyl sites for hydroxylation is 1. The van der Waals surface area contributed by atoms with Crippen molar-refractivity contribution >= 4 is 0 Å². The number of ether oxygens (including phenoxy) is 2. The lowest BCUT2D eigenvalue weighted by Gasteiger charge is -2.21. The number of alkyl halides is 4. The molecular weight excluding hydrogens is 502 g/mol. The first kappa shape index (κ1) is 26.0. The van der Waals surface area contributed by atoms with Crippen LogP contribution in [0.25, 0.3) is 11.1 Å². The van der Waals surface area contributed by atoms with Crippen molar-refractivity contribution in [3.63, 3.8) is 0 Å². The van der Waals surface area contributed by atoms with Crippen LogP contribution in [0.1, 0.15) is 18.1 Å². The van der Waals surface area contributed by atoms with Gasteiger partial charge in [0.05, 0.1) is 11.1 Å². The summed E-state index contributed by atoms with van der Waals surface area (Å²) in [5.74, 6) is -16.2. The van der Waals surface area contributed by atoms with Crippen LogP contribution in [0.3, 0.4) is 0 Å². The molecule has 0 N–H and O–H groups in total. The molecule has 0 atom stereocenters. The summed E-state index contributed by atoms with van der Waals surface area (Å²) < 4.78 is 147. The van der Waals surface area contributed by atoms with Crippen molar-refractivity contribution in [1.29, 1.82) is 0 Å². The monoisotopic (exact) mass is 513 g/mol. The Bertz CT molecular complexity index is 1230. The number of halogens is 10. The van der Waals surface area contributed by atoms with Gasteiger partial charge in [-0.3, -0.25) is 5.11 Å². The van der Waals surface area contributed by atoms with Crippen LogP contribution in [0, 0.1) is 34.9 Å². The van der Waals surface area contributed by atoms with E-state index in [9.17, 15) is 44.6 Å². The molecular formula is C22H11F10O3. The smallest absolute Gasteiger partial charge is 0.429 e. The minimum atomic E-state index is -5.11. The summed E-state index contributed by atoms with van der Waals surface area (Å²) in [4.78, 5) is 0. The average Bonchev–Trinajstić information content (AvgIpc) is 2.71. The van der Waals surface area contributed by atoms with Gasteiger partial charge in [-0.1, -0.05) is 6.92 Å². The standard InChI is InChI=1S/C22H11F10O3/c1-2-8-3-10(23)16(11(24)4-8)17-15(33)7-12(25)18(19(17)28)22(31,32)35-9-5-13(26)20(14(27)6-9)34-21(29)30/h3-7,21H,2H2,1H3. The lowest BCUT2D eigenvalue weighted by molar-refractivity contribution is -0.189. The van der Waals surface area contributed by atoms with Gasteiger partial charge in [-0.2, -0.15) is 17.6 Å². The highest BCUT2D eigenvalue weighted by atomic mass is 19.3. The molecule has 3 aromatic rings. The maximum Gasteiger partial charge on any atom is 0.432 e. The molecule has 187 valence electrons. The molecule has 0 saturated carbocycles. The SMILES string of the molecule is CCc1cc(F)c(-c2c([O])cc(F)c(C(F)(F)Oc3cc(F)c(OC(F)F)c(F)c3)c2F)c(F)c1. The Balaban J connectivity index is 2.12. The zero-order valence-corrected chi connectivity index (χ0v) is 17.2. The predicted molar refractivity (Wildman–Crippen MR) is 98.7 cm³/mol. The van der Waals surface area contributed by atoms with Crippen LogP contribution in [-0.2, 0) is 17.6 Å². The van der Waals surface area contributed by atoms with Crippen LogP contribution in [0.2, 0.25) is 0 Å². The Hall–Kier alpha value is -3.64. The lowest BCUT2D eigenvalue weighted by Crippen LogP contribution is -2.26. The maximum absolute atomic E-state index is 15.0. The predicted octanol–water partition coefficient (Wildman–Crippen LogP) is 7.62. The third-order valence-electron chi connectivity index (χ3n) is 4.66. The zero-order valence-electron chi connectivity index (χ0n) is 17.2. The summed E-state index contributed by atoms with van der Waals surface area (Å²) in [6.45, 7) is -2.16. The van der Waals surface area contributed by atoms with Crippen molar-refractivity contribution in [2.75, 3.05) is 0 Å². The minimum Gasteiger partial charge on any atom is -0.429 e. The van der Waals surface area contributed by atoms with E-state index < -0.39 is 81.6 Å². The van der Waals surface area contributed by atoms with E-state index in [0.29, 0.717) is 12.1 Å². The van der Waals surface area contributed by atoms with Crippen molar-refractivity contribution in [2.24, 2.45) is 0 Å². The van der Waals surface area contributed by atoms with Crippen LogP contribution in [0.5, 0.6) is 17.2 Å². The van der Waals surface area contributed by atoms with Gasteiger partial charge in [0.1, 0.15) is 28.8 Å². The fourth-order valence-electron chi connectivity index (χ4n) is 3.16. The van der Waals surface area contributed by atoms with E-state index in [1.807, 2.05) is 0 Å². The second kappa shape index (κ2) is 9.55. The largest absolute Gasteiger partial charge is 0.432 e. The van der Waals surface area contributed by atoms with Crippen molar-refractivity contribution in [3.8, 4) is 28.4 Å². The van der Waals surface area contributed by atoms with Gasteiger partial charge in [0.25, 0.3) is 0 Å². The van der Waals surface area contributed by atoms with Crippen molar-refractivity contribution in [1.82, 2.24) is 0 Å². The Morgan fingerprint density at radius 1 is 0.800 bits per heavy atom. The average molecular weight is 513 g/mol. The van der Waals surface area contributed by atoms with Gasteiger partial charge in [-0.05, 0) is 24.1 Å². The normalized spacial score (nSPS) is 11.8. The Morgan fingerprint density at radius 2 is 1.34 bits per heavy atom. The fraction of sp³-hybridized carbons (Fsp3) is 0.182. The van der Waals surface area contributed by atoms with Gasteiger partial charge >= 0.3 is 12.7 Å². The van der Waals surface area contributed by atoms with Gasteiger partial charge in [0.2, 0.25) is 0 Å². The molecule has 3 aromatic carbocycles. The molecule has 3 nitrogen and oxygen atoms in total. The second-order valence-electron chi connectivity index (χ2n) is 6.92. The van der Waals surface area contributed by atoms with E-state index >= 15 is 4.39 Å². The van der Waals surface area contributed by atoms with Crippen LogP contribution in [-0.4, -0.2) is 6.61 Å². The minimum absolute atomic E-state index is 0.0454. The van der Waals surface area contributed by atoms with E-state index in [1.165, 1.54) is 6.92 Å². The van der Waals surface area contributed by atoms with Crippen molar-refractivity contribution < 1.29 is 58.5 Å². The summed E-state index contributed by atoms with van der Waals surface area (Å²) in [6, 6.07) is 1.15. The Kier molecular flexibility index (Phi) is 7.08. The highest BCUT2D eigenvalue weighted by Crippen LogP contribution is 2.44. The molecule has 0 fully saturated rings. The van der Waals surface area contributed by atoms with E-state index in [1.54, 1.807) is 0 Å². The number of rotatable bonds is 7. The second-order valence-corrected chi connectivity index (χ2v) is 6.92. The van der Waals surface area contributed by atoms with E-state index in [-0.39, 0.29) is 30.2 Å². The summed E-state index contributed by atoms with van der Waals surface area (Å²) in [5.41, 5.74) is -5.16. The molecule has 0 amide bonds. The van der Waals surface area contributed by atoms with Crippen molar-refractivity contribution in [3.05, 3.63) is 76.4 Å². The summed E-state index contributed by atoms with van der Waals surface area (Å²) in [7, 11) is 0. The van der Waals surface area contributed by atoms with Gasteiger partial charge in [0, 0.05) is 18.2 Å². The summed E-state index contributed by atoms with van der Waals surface area (Å²) in [5, 5.41) is 12.1. The molecule has 0 bridgehead atoms. The molecule has 0 unspecified atom stereocenters. The molecule has 35 heavy (non-hydrogen) atoms. The Morgan fingerprint density at radius 3 is 1.83 bits per heavy atom.